The van der Waals surface area contributed by atoms with Gasteiger partial charge in [0.15, 0.2) is 0 Å². The molecule has 0 unspecified atom stereocenters. The molecule has 17 heavy (non-hydrogen) atoms. The van der Waals surface area contributed by atoms with Gasteiger partial charge in [0, 0.05) is 10.9 Å². The van der Waals surface area contributed by atoms with Gasteiger partial charge in [0.25, 0.3) is 6.43 Å². The van der Waals surface area contributed by atoms with Crippen LogP contribution >= 0.6 is 15.9 Å². The molecule has 0 bridgehead atoms. The van der Waals surface area contributed by atoms with Crippen molar-refractivity contribution in [3.8, 4) is 0 Å². The fourth-order valence-electron chi connectivity index (χ4n) is 1.37. The predicted molar refractivity (Wildman–Crippen MR) is 62.0 cm³/mol. The number of anilines is 1. The van der Waals surface area contributed by atoms with Crippen LogP contribution < -0.4 is 5.73 Å². The van der Waals surface area contributed by atoms with E-state index in [-0.39, 0.29) is 34.4 Å². The Morgan fingerprint density at radius 3 is 2.76 bits per heavy atom. The topological polar surface area (TPSA) is 65.2 Å². The first-order valence-electron chi connectivity index (χ1n) is 4.68. The number of carbonyl (C=O) groups excluding carboxylic acids is 1. The number of carbonyl (C=O) groups is 1. The van der Waals surface area contributed by atoms with Crippen molar-refractivity contribution in [3.63, 3.8) is 0 Å². The highest BCUT2D eigenvalue weighted by Gasteiger charge is 2.19. The lowest BCUT2D eigenvalue weighted by Crippen LogP contribution is -2.11. The summed E-state index contributed by atoms with van der Waals surface area (Å²) in [7, 11) is 1.22. The molecule has 4 nitrogen and oxygen atoms in total. The fourth-order valence-corrected chi connectivity index (χ4v) is 2.02. The maximum absolute atomic E-state index is 12.8. The van der Waals surface area contributed by atoms with Crippen LogP contribution in [0.5, 0.6) is 0 Å². The Labute approximate surface area is 105 Å². The molecule has 2 N–H and O–H groups in total. The minimum atomic E-state index is -2.66. The highest BCUT2D eigenvalue weighted by atomic mass is 79.9. The van der Waals surface area contributed by atoms with Gasteiger partial charge in [0.1, 0.15) is 5.82 Å². The minimum Gasteiger partial charge on any atom is -0.469 e. The molecule has 0 aliphatic rings. The van der Waals surface area contributed by atoms with Crippen molar-refractivity contribution in [1.29, 1.82) is 0 Å². The molecule has 1 rings (SSSR count). The second-order valence-corrected chi connectivity index (χ2v) is 3.81. The summed E-state index contributed by atoms with van der Waals surface area (Å²) >= 11 is 3.10. The number of hydrogen-bond acceptors (Lipinski definition) is 4. The summed E-state index contributed by atoms with van der Waals surface area (Å²) < 4.78 is 30.0. The number of nitrogens with two attached hydrogens (primary N) is 1. The van der Waals surface area contributed by atoms with Crippen LogP contribution in [0.15, 0.2) is 6.07 Å². The molecule has 0 spiro atoms. The van der Waals surface area contributed by atoms with E-state index in [0.29, 0.717) is 0 Å². The van der Waals surface area contributed by atoms with Crippen LogP contribution in [0.3, 0.4) is 0 Å². The molecular formula is C10H11BrF2N2O2. The number of methoxy groups -OCH3 is 1. The van der Waals surface area contributed by atoms with Gasteiger partial charge < -0.3 is 10.5 Å². The van der Waals surface area contributed by atoms with Crippen molar-refractivity contribution in [1.82, 2.24) is 4.98 Å². The van der Waals surface area contributed by atoms with Gasteiger partial charge in [-0.25, -0.2) is 13.8 Å². The molecule has 7 heteroatoms. The molecule has 1 heterocycles. The predicted octanol–water partition coefficient (Wildman–Crippen LogP) is 2.21. The second-order valence-electron chi connectivity index (χ2n) is 3.25. The summed E-state index contributed by atoms with van der Waals surface area (Å²) in [4.78, 5) is 15.0. The van der Waals surface area contributed by atoms with E-state index in [0.717, 1.165) is 6.07 Å². The number of halogens is 3. The molecule has 0 fully saturated rings. The zero-order valence-electron chi connectivity index (χ0n) is 9.04. The van der Waals surface area contributed by atoms with E-state index in [1.54, 1.807) is 0 Å². The summed E-state index contributed by atoms with van der Waals surface area (Å²) in [6.45, 7) is 0. The Morgan fingerprint density at radius 1 is 1.65 bits per heavy atom. The van der Waals surface area contributed by atoms with E-state index < -0.39 is 12.4 Å². The normalized spacial score (nSPS) is 10.6. The first-order valence-corrected chi connectivity index (χ1v) is 5.80. The van der Waals surface area contributed by atoms with Crippen molar-refractivity contribution in [2.45, 2.75) is 18.2 Å². The number of alkyl halides is 3. The lowest BCUT2D eigenvalue weighted by molar-refractivity contribution is -0.139. The number of rotatable bonds is 4. The molecule has 0 aliphatic heterocycles. The Balaban J connectivity index is 3.23. The van der Waals surface area contributed by atoms with Gasteiger partial charge in [-0.3, -0.25) is 4.79 Å². The monoisotopic (exact) mass is 308 g/mol. The molecule has 1 aromatic heterocycles. The lowest BCUT2D eigenvalue weighted by atomic mass is 10.1. The molecular weight excluding hydrogens is 298 g/mol. The SMILES string of the molecule is COC(=O)Cc1nc(N)cc(C(F)F)c1CBr. The third-order valence-electron chi connectivity index (χ3n) is 2.17. The summed E-state index contributed by atoms with van der Waals surface area (Å²) in [6.07, 6.45) is -2.84. The Hall–Kier alpha value is -1.24. The van der Waals surface area contributed by atoms with E-state index in [4.69, 9.17) is 5.73 Å². The lowest BCUT2D eigenvalue weighted by Gasteiger charge is -2.12. The summed E-state index contributed by atoms with van der Waals surface area (Å²) in [5.74, 6) is -0.589. The Kier molecular flexibility index (Phi) is 4.80. The quantitative estimate of drug-likeness (QED) is 0.684. The van der Waals surface area contributed by atoms with E-state index in [9.17, 15) is 13.6 Å². The van der Waals surface area contributed by atoms with Crippen molar-refractivity contribution >= 4 is 27.7 Å². The number of nitrogens with zero attached hydrogens (tertiary/aromatic N) is 1. The first-order chi connectivity index (χ1) is 7.99. The molecule has 0 saturated carbocycles. The van der Waals surface area contributed by atoms with Crippen LogP contribution in [0.4, 0.5) is 14.6 Å². The minimum absolute atomic E-state index is 0.0381. The number of ether oxygens (including phenoxy) is 1. The van der Waals surface area contributed by atoms with Crippen LogP contribution in [-0.2, 0) is 21.3 Å². The highest BCUT2D eigenvalue weighted by molar-refractivity contribution is 9.08. The molecule has 0 saturated heterocycles. The van der Waals surface area contributed by atoms with Crippen LogP contribution in [0.2, 0.25) is 0 Å². The number of pyridine rings is 1. The first kappa shape index (κ1) is 13.8. The zero-order valence-corrected chi connectivity index (χ0v) is 10.6. The molecule has 1 aromatic rings. The van der Waals surface area contributed by atoms with Crippen molar-refractivity contribution in [2.24, 2.45) is 0 Å². The van der Waals surface area contributed by atoms with Crippen LogP contribution in [0.1, 0.15) is 23.2 Å². The molecule has 0 radical (unpaired) electrons. The molecule has 0 aliphatic carbocycles. The van der Waals surface area contributed by atoms with Gasteiger partial charge >= 0.3 is 5.97 Å². The van der Waals surface area contributed by atoms with E-state index in [1.807, 2.05) is 0 Å². The van der Waals surface area contributed by atoms with E-state index >= 15 is 0 Å². The van der Waals surface area contributed by atoms with Gasteiger partial charge in [0.2, 0.25) is 0 Å². The third-order valence-corrected chi connectivity index (χ3v) is 2.73. The van der Waals surface area contributed by atoms with E-state index in [1.165, 1.54) is 7.11 Å². The molecule has 0 atom stereocenters. The van der Waals surface area contributed by atoms with E-state index in [2.05, 4.69) is 25.7 Å². The van der Waals surface area contributed by atoms with Gasteiger partial charge in [-0.2, -0.15) is 0 Å². The third kappa shape index (κ3) is 3.36. The Bertz CT molecular complexity index is 427. The molecule has 94 valence electrons. The molecule has 0 aromatic carbocycles. The average Bonchev–Trinajstić information content (AvgIpc) is 2.28. The summed E-state index contributed by atoms with van der Waals surface area (Å²) in [5, 5.41) is 0.173. The van der Waals surface area contributed by atoms with Gasteiger partial charge in [-0.1, -0.05) is 15.9 Å². The standard InChI is InChI=1S/C10H11BrF2N2O2/c1-17-9(16)3-7-6(4-11)5(10(12)13)2-8(14)15-7/h2,10H,3-4H2,1H3,(H2,14,15). The maximum Gasteiger partial charge on any atom is 0.311 e. The summed E-state index contributed by atoms with van der Waals surface area (Å²) in [6, 6.07) is 1.11. The maximum atomic E-state index is 12.8. The fraction of sp³-hybridized carbons (Fsp3) is 0.400. The number of hydrogen-bond donors (Lipinski definition) is 1. The van der Waals surface area contributed by atoms with Crippen LogP contribution in [0, 0.1) is 0 Å². The number of nitrogen functional groups attached to an aromatic ring is 1. The zero-order chi connectivity index (χ0) is 13.0. The largest absolute Gasteiger partial charge is 0.469 e. The van der Waals surface area contributed by atoms with Crippen molar-refractivity contribution in [3.05, 3.63) is 22.9 Å². The van der Waals surface area contributed by atoms with Crippen molar-refractivity contribution in [2.75, 3.05) is 12.8 Å². The van der Waals surface area contributed by atoms with Gasteiger partial charge in [-0.15, -0.1) is 0 Å². The number of aromatic nitrogens is 1. The van der Waals surface area contributed by atoms with Crippen LogP contribution in [0.25, 0.3) is 0 Å². The van der Waals surface area contributed by atoms with Gasteiger partial charge in [0.05, 0.1) is 19.2 Å². The van der Waals surface area contributed by atoms with Crippen LogP contribution in [-0.4, -0.2) is 18.1 Å². The second kappa shape index (κ2) is 5.90. The average molecular weight is 309 g/mol. The smallest absolute Gasteiger partial charge is 0.311 e. The Morgan fingerprint density at radius 2 is 2.29 bits per heavy atom. The molecule has 0 amide bonds. The van der Waals surface area contributed by atoms with Crippen molar-refractivity contribution < 1.29 is 18.3 Å². The summed E-state index contributed by atoms with van der Waals surface area (Å²) in [5.41, 5.74) is 5.70. The highest BCUT2D eigenvalue weighted by Crippen LogP contribution is 2.28. The van der Waals surface area contributed by atoms with Gasteiger partial charge in [-0.05, 0) is 11.6 Å². The number of esters is 1.